The van der Waals surface area contributed by atoms with E-state index >= 15 is 0 Å². The second-order valence-electron chi connectivity index (χ2n) is 7.11. The van der Waals surface area contributed by atoms with Crippen LogP contribution < -0.4 is 5.32 Å². The van der Waals surface area contributed by atoms with E-state index in [0.717, 1.165) is 12.8 Å². The minimum absolute atomic E-state index is 0.0244. The number of benzene rings is 2. The third kappa shape index (κ3) is 4.94. The maximum absolute atomic E-state index is 13.0. The first-order valence-electron chi connectivity index (χ1n) is 10.0. The van der Waals surface area contributed by atoms with Gasteiger partial charge in [0.05, 0.1) is 10.5 Å². The van der Waals surface area contributed by atoms with E-state index in [-0.39, 0.29) is 23.2 Å². The van der Waals surface area contributed by atoms with E-state index < -0.39 is 17.0 Å². The van der Waals surface area contributed by atoms with Crippen molar-refractivity contribution in [3.63, 3.8) is 0 Å². The molecule has 0 spiro atoms. The first-order valence-corrected chi connectivity index (χ1v) is 10.0. The van der Waals surface area contributed by atoms with Crippen LogP contribution in [0.1, 0.15) is 48.7 Å². The molecule has 0 unspecified atom stereocenters. The van der Waals surface area contributed by atoms with Crippen LogP contribution in [-0.2, 0) is 9.53 Å². The third-order valence-electron chi connectivity index (χ3n) is 4.99. The van der Waals surface area contributed by atoms with Gasteiger partial charge in [-0.25, -0.2) is 4.79 Å². The first kappa shape index (κ1) is 21.3. The van der Waals surface area contributed by atoms with Crippen LogP contribution in [0.25, 0.3) is 0 Å². The van der Waals surface area contributed by atoms with Crippen molar-refractivity contribution in [2.24, 2.45) is 0 Å². The number of nitro groups is 1. The van der Waals surface area contributed by atoms with E-state index in [2.05, 4.69) is 5.32 Å². The molecular weight excluding hydrogens is 386 g/mol. The molecule has 1 amide bonds. The van der Waals surface area contributed by atoms with Gasteiger partial charge in [0.1, 0.15) is 5.69 Å². The summed E-state index contributed by atoms with van der Waals surface area (Å²) in [6, 6.07) is 13.2. The molecule has 1 aliphatic rings. The van der Waals surface area contributed by atoms with Crippen LogP contribution >= 0.6 is 0 Å². The predicted octanol–water partition coefficient (Wildman–Crippen LogP) is 3.94. The number of anilines is 1. The summed E-state index contributed by atoms with van der Waals surface area (Å²) in [6.45, 7) is 4.65. The highest BCUT2D eigenvalue weighted by atomic mass is 16.6. The second kappa shape index (κ2) is 9.39. The number of hydrogen-bond acceptors (Lipinski definition) is 6. The molecule has 158 valence electrons. The number of nitrogens with zero attached hydrogens (tertiary/aromatic N) is 2. The molecule has 0 saturated heterocycles. The third-order valence-corrected chi connectivity index (χ3v) is 4.99. The minimum atomic E-state index is -1.12. The number of rotatable bonds is 9. The molecule has 1 saturated carbocycles. The summed E-state index contributed by atoms with van der Waals surface area (Å²) in [4.78, 5) is 38.3. The number of nitrogens with one attached hydrogen (secondary N) is 1. The highest BCUT2D eigenvalue weighted by Gasteiger charge is 2.30. The van der Waals surface area contributed by atoms with Crippen molar-refractivity contribution >= 4 is 23.3 Å². The van der Waals surface area contributed by atoms with Crippen molar-refractivity contribution in [3.8, 4) is 0 Å². The summed E-state index contributed by atoms with van der Waals surface area (Å²) in [7, 11) is 0. The number of carbonyl (C=O) groups excluding carboxylic acids is 2. The molecule has 1 atom stereocenters. The van der Waals surface area contributed by atoms with Gasteiger partial charge in [-0.05, 0) is 38.8 Å². The Morgan fingerprint density at radius 1 is 1.17 bits per heavy atom. The van der Waals surface area contributed by atoms with E-state index in [4.69, 9.17) is 4.74 Å². The average molecular weight is 411 g/mol. The van der Waals surface area contributed by atoms with Crippen LogP contribution in [0.4, 0.5) is 11.4 Å². The van der Waals surface area contributed by atoms with Gasteiger partial charge in [-0.3, -0.25) is 14.9 Å². The fourth-order valence-electron chi connectivity index (χ4n) is 3.14. The summed E-state index contributed by atoms with van der Waals surface area (Å²) in [6.07, 6.45) is 0.808. The summed E-state index contributed by atoms with van der Waals surface area (Å²) in [5, 5.41) is 14.6. The van der Waals surface area contributed by atoms with E-state index in [1.165, 1.54) is 18.2 Å². The van der Waals surface area contributed by atoms with Crippen molar-refractivity contribution in [1.82, 2.24) is 4.90 Å². The molecule has 3 rings (SSSR count). The van der Waals surface area contributed by atoms with Crippen LogP contribution in [0.5, 0.6) is 0 Å². The van der Waals surface area contributed by atoms with Gasteiger partial charge in [-0.1, -0.05) is 30.3 Å². The monoisotopic (exact) mass is 411 g/mol. The van der Waals surface area contributed by atoms with Crippen LogP contribution in [0, 0.1) is 10.1 Å². The highest BCUT2D eigenvalue weighted by Crippen LogP contribution is 2.32. The Balaban J connectivity index is 1.87. The number of hydrogen-bond donors (Lipinski definition) is 1. The molecule has 2 aromatic carbocycles. The van der Waals surface area contributed by atoms with Crippen LogP contribution in [0.2, 0.25) is 0 Å². The van der Waals surface area contributed by atoms with Crippen LogP contribution in [0.3, 0.4) is 0 Å². The maximum atomic E-state index is 13.0. The molecule has 1 N–H and O–H groups in total. The Morgan fingerprint density at radius 3 is 2.40 bits per heavy atom. The predicted molar refractivity (Wildman–Crippen MR) is 112 cm³/mol. The number of ether oxygens (including phenoxy) is 1. The molecule has 1 aliphatic carbocycles. The Morgan fingerprint density at radius 2 is 1.83 bits per heavy atom. The molecule has 8 nitrogen and oxygen atoms in total. The van der Waals surface area contributed by atoms with Crippen molar-refractivity contribution in [2.45, 2.75) is 38.8 Å². The van der Waals surface area contributed by atoms with Crippen LogP contribution in [-0.4, -0.2) is 40.8 Å². The lowest BCUT2D eigenvalue weighted by Gasteiger charge is -2.25. The quantitative estimate of drug-likeness (QED) is 0.381. The average Bonchev–Trinajstić information content (AvgIpc) is 3.57. The van der Waals surface area contributed by atoms with E-state index in [9.17, 15) is 19.7 Å². The minimum Gasteiger partial charge on any atom is -0.444 e. The van der Waals surface area contributed by atoms with Gasteiger partial charge in [0.25, 0.3) is 11.6 Å². The number of likely N-dealkylation sites (N-methyl/N-ethyl adjacent to an activating group) is 1. The van der Waals surface area contributed by atoms with Crippen molar-refractivity contribution in [2.75, 3.05) is 18.4 Å². The smallest absolute Gasteiger partial charge is 0.339 e. The Labute approximate surface area is 175 Å². The zero-order chi connectivity index (χ0) is 21.7. The molecule has 0 aromatic heterocycles. The normalized spacial score (nSPS) is 13.9. The second-order valence-corrected chi connectivity index (χ2v) is 7.11. The Bertz CT molecular complexity index is 924. The largest absolute Gasteiger partial charge is 0.444 e. The molecule has 0 bridgehead atoms. The summed E-state index contributed by atoms with van der Waals surface area (Å²) < 4.78 is 5.56. The van der Waals surface area contributed by atoms with Crippen molar-refractivity contribution in [1.29, 1.82) is 0 Å². The number of carbonyl (C=O) groups is 2. The van der Waals surface area contributed by atoms with Gasteiger partial charge >= 0.3 is 5.97 Å². The Kier molecular flexibility index (Phi) is 6.66. The summed E-state index contributed by atoms with van der Waals surface area (Å²) in [5.74, 6) is -1.12. The fraction of sp³-hybridized carbons (Fsp3) is 0.364. The Hall–Kier alpha value is -3.42. The molecule has 0 aliphatic heterocycles. The highest BCUT2D eigenvalue weighted by molar-refractivity contribution is 5.94. The van der Waals surface area contributed by atoms with Gasteiger partial charge in [0, 0.05) is 30.8 Å². The van der Waals surface area contributed by atoms with Gasteiger partial charge in [0.2, 0.25) is 6.10 Å². The van der Waals surface area contributed by atoms with E-state index in [1.807, 2.05) is 13.8 Å². The lowest BCUT2D eigenvalue weighted by molar-refractivity contribution is -0.384. The van der Waals surface area contributed by atoms with Crippen molar-refractivity contribution in [3.05, 3.63) is 69.8 Å². The number of esters is 1. The first-order chi connectivity index (χ1) is 14.4. The zero-order valence-electron chi connectivity index (χ0n) is 17.0. The zero-order valence-corrected chi connectivity index (χ0v) is 17.0. The van der Waals surface area contributed by atoms with Gasteiger partial charge in [0.15, 0.2) is 0 Å². The molecule has 0 radical (unpaired) electrons. The van der Waals surface area contributed by atoms with Gasteiger partial charge in [-0.2, -0.15) is 0 Å². The molecule has 30 heavy (non-hydrogen) atoms. The standard InChI is InChI=1S/C22H25N3O5/c1-3-24(4-2)21(26)20(15-8-6-5-7-9-15)30-22(27)16-10-13-18(23-17-11-12-17)19(14-16)25(28)29/h5-10,13-14,17,20,23H,3-4,11-12H2,1-2H3/t20-/m0/s1. The molecule has 1 fully saturated rings. The summed E-state index contributed by atoms with van der Waals surface area (Å²) >= 11 is 0. The van der Waals surface area contributed by atoms with E-state index in [1.54, 1.807) is 35.2 Å². The number of nitro benzene ring substituents is 1. The SMILES string of the molecule is CCN(CC)C(=O)[C@@H](OC(=O)c1ccc(NC2CC2)c([N+](=O)[O-])c1)c1ccccc1. The van der Waals surface area contributed by atoms with Crippen molar-refractivity contribution < 1.29 is 19.2 Å². The maximum Gasteiger partial charge on any atom is 0.339 e. The number of amides is 1. The summed E-state index contributed by atoms with van der Waals surface area (Å²) in [5.41, 5.74) is 0.751. The molecular formula is C22H25N3O5. The van der Waals surface area contributed by atoms with Crippen LogP contribution in [0.15, 0.2) is 48.5 Å². The lowest BCUT2D eigenvalue weighted by atomic mass is 10.1. The fourth-order valence-corrected chi connectivity index (χ4v) is 3.14. The van der Waals surface area contributed by atoms with Gasteiger partial charge < -0.3 is 15.0 Å². The molecule has 0 heterocycles. The van der Waals surface area contributed by atoms with Gasteiger partial charge in [-0.15, -0.1) is 0 Å². The lowest BCUT2D eigenvalue weighted by Crippen LogP contribution is -2.36. The van der Waals surface area contributed by atoms with E-state index in [0.29, 0.717) is 24.3 Å². The topological polar surface area (TPSA) is 102 Å². The molecule has 2 aromatic rings. The molecule has 8 heteroatoms.